The van der Waals surface area contributed by atoms with Crippen molar-refractivity contribution >= 4 is 28.9 Å². The zero-order chi connectivity index (χ0) is 9.80. The molecule has 2 rings (SSSR count). The van der Waals surface area contributed by atoms with Gasteiger partial charge in [-0.05, 0) is 22.9 Å². The van der Waals surface area contributed by atoms with Gasteiger partial charge in [-0.1, -0.05) is 30.3 Å². The van der Waals surface area contributed by atoms with E-state index in [-0.39, 0.29) is 12.4 Å². The lowest BCUT2D eigenvalue weighted by atomic mass is 10.1. The Balaban J connectivity index is 0.00000112. The van der Waals surface area contributed by atoms with Gasteiger partial charge < -0.3 is 11.1 Å². The van der Waals surface area contributed by atoms with Crippen LogP contribution in [-0.2, 0) is 0 Å². The van der Waals surface area contributed by atoms with E-state index in [1.807, 2.05) is 0 Å². The molecule has 2 aromatic rings. The molecule has 0 aliphatic heterocycles. The maximum absolute atomic E-state index is 5.43. The molecule has 0 saturated carbocycles. The van der Waals surface area contributed by atoms with Gasteiger partial charge in [-0.3, -0.25) is 0 Å². The van der Waals surface area contributed by atoms with Gasteiger partial charge in [0.25, 0.3) is 0 Å². The van der Waals surface area contributed by atoms with Gasteiger partial charge in [-0.15, -0.1) is 12.4 Å². The van der Waals surface area contributed by atoms with Crippen LogP contribution >= 0.6 is 12.4 Å². The Morgan fingerprint density at radius 1 is 1.00 bits per heavy atom. The van der Waals surface area contributed by atoms with Crippen molar-refractivity contribution in [2.45, 2.75) is 0 Å². The van der Waals surface area contributed by atoms with Gasteiger partial charge >= 0.3 is 0 Å². The molecule has 2 aromatic carbocycles. The van der Waals surface area contributed by atoms with E-state index in [1.165, 1.54) is 10.8 Å². The van der Waals surface area contributed by atoms with E-state index in [9.17, 15) is 0 Å². The van der Waals surface area contributed by atoms with Crippen LogP contribution in [0.1, 0.15) is 0 Å². The zero-order valence-corrected chi connectivity index (χ0v) is 9.26. The van der Waals surface area contributed by atoms with E-state index < -0.39 is 0 Å². The first kappa shape index (κ1) is 11.8. The minimum atomic E-state index is 0. The maximum atomic E-state index is 5.43. The summed E-state index contributed by atoms with van der Waals surface area (Å²) in [5, 5.41) is 5.79. The van der Waals surface area contributed by atoms with E-state index in [1.54, 1.807) is 0 Å². The molecule has 0 atom stereocenters. The molecule has 15 heavy (non-hydrogen) atoms. The molecule has 0 bridgehead atoms. The van der Waals surface area contributed by atoms with Crippen molar-refractivity contribution in [3.63, 3.8) is 0 Å². The van der Waals surface area contributed by atoms with Crippen molar-refractivity contribution in [2.24, 2.45) is 5.73 Å². The normalized spacial score (nSPS) is 9.67. The van der Waals surface area contributed by atoms with Crippen molar-refractivity contribution in [1.82, 2.24) is 0 Å². The fourth-order valence-electron chi connectivity index (χ4n) is 1.52. The fourth-order valence-corrected chi connectivity index (χ4v) is 1.52. The van der Waals surface area contributed by atoms with Gasteiger partial charge in [-0.2, -0.15) is 0 Å². The summed E-state index contributed by atoms with van der Waals surface area (Å²) in [6, 6.07) is 14.7. The standard InChI is InChI=1S/C12H14N2.ClH/c13-7-8-14-12-6-5-10-3-1-2-4-11(10)9-12;/h1-6,9,14H,7-8,13H2;1H. The summed E-state index contributed by atoms with van der Waals surface area (Å²) in [5.74, 6) is 0. The quantitative estimate of drug-likeness (QED) is 0.838. The van der Waals surface area contributed by atoms with Crippen LogP contribution in [0.5, 0.6) is 0 Å². The summed E-state index contributed by atoms with van der Waals surface area (Å²) in [4.78, 5) is 0. The Kier molecular flexibility index (Phi) is 4.40. The Morgan fingerprint density at radius 3 is 2.47 bits per heavy atom. The van der Waals surface area contributed by atoms with Crippen molar-refractivity contribution < 1.29 is 0 Å². The summed E-state index contributed by atoms with van der Waals surface area (Å²) in [6.45, 7) is 1.48. The topological polar surface area (TPSA) is 38.0 Å². The number of anilines is 1. The highest BCUT2D eigenvalue weighted by Gasteiger charge is 1.93. The van der Waals surface area contributed by atoms with Crippen molar-refractivity contribution in [2.75, 3.05) is 18.4 Å². The second-order valence-electron chi connectivity index (χ2n) is 3.28. The molecule has 3 N–H and O–H groups in total. The lowest BCUT2D eigenvalue weighted by Crippen LogP contribution is -2.12. The van der Waals surface area contributed by atoms with E-state index in [0.29, 0.717) is 6.54 Å². The molecule has 0 heterocycles. The van der Waals surface area contributed by atoms with Crippen LogP contribution in [0, 0.1) is 0 Å². The molecule has 0 aromatic heterocycles. The smallest absolute Gasteiger partial charge is 0.0347 e. The van der Waals surface area contributed by atoms with Gasteiger partial charge in [0.05, 0.1) is 0 Å². The molecule has 0 saturated heterocycles. The van der Waals surface area contributed by atoms with Gasteiger partial charge in [0.2, 0.25) is 0 Å². The first-order valence-corrected chi connectivity index (χ1v) is 4.83. The number of nitrogens with two attached hydrogens (primary N) is 1. The van der Waals surface area contributed by atoms with Crippen LogP contribution in [-0.4, -0.2) is 13.1 Å². The van der Waals surface area contributed by atoms with Gasteiger partial charge in [0.1, 0.15) is 0 Å². The lowest BCUT2D eigenvalue weighted by molar-refractivity contribution is 1.02. The molecule has 0 amide bonds. The molecule has 80 valence electrons. The first-order chi connectivity index (χ1) is 6.90. The van der Waals surface area contributed by atoms with Gasteiger partial charge in [-0.25, -0.2) is 0 Å². The predicted octanol–water partition coefficient (Wildman–Crippen LogP) is 2.63. The van der Waals surface area contributed by atoms with E-state index in [4.69, 9.17) is 5.73 Å². The highest BCUT2D eigenvalue weighted by atomic mass is 35.5. The zero-order valence-electron chi connectivity index (χ0n) is 8.44. The average molecular weight is 223 g/mol. The highest BCUT2D eigenvalue weighted by Crippen LogP contribution is 2.18. The summed E-state index contributed by atoms with van der Waals surface area (Å²) in [6.07, 6.45) is 0. The van der Waals surface area contributed by atoms with Gasteiger partial charge in [0.15, 0.2) is 0 Å². The Morgan fingerprint density at radius 2 is 1.73 bits per heavy atom. The van der Waals surface area contributed by atoms with E-state index in [2.05, 4.69) is 47.8 Å². The largest absolute Gasteiger partial charge is 0.384 e. The third kappa shape index (κ3) is 2.85. The van der Waals surface area contributed by atoms with Crippen molar-refractivity contribution in [3.05, 3.63) is 42.5 Å². The molecule has 0 radical (unpaired) electrons. The van der Waals surface area contributed by atoms with Crippen LogP contribution in [0.15, 0.2) is 42.5 Å². The summed E-state index contributed by atoms with van der Waals surface area (Å²) in [7, 11) is 0. The van der Waals surface area contributed by atoms with E-state index in [0.717, 1.165) is 12.2 Å². The number of fused-ring (bicyclic) bond motifs is 1. The van der Waals surface area contributed by atoms with Gasteiger partial charge in [0, 0.05) is 18.8 Å². The maximum Gasteiger partial charge on any atom is 0.0347 e. The minimum absolute atomic E-state index is 0. The predicted molar refractivity (Wildman–Crippen MR) is 68.7 cm³/mol. The SMILES string of the molecule is Cl.NCCNc1ccc2ccccc2c1. The lowest BCUT2D eigenvalue weighted by Gasteiger charge is -2.05. The molecule has 0 aliphatic rings. The molecular weight excluding hydrogens is 208 g/mol. The monoisotopic (exact) mass is 222 g/mol. The summed E-state index contributed by atoms with van der Waals surface area (Å²) in [5.41, 5.74) is 6.56. The van der Waals surface area contributed by atoms with Crippen molar-refractivity contribution in [3.8, 4) is 0 Å². The first-order valence-electron chi connectivity index (χ1n) is 4.83. The number of nitrogens with one attached hydrogen (secondary N) is 1. The third-order valence-corrected chi connectivity index (χ3v) is 2.22. The summed E-state index contributed by atoms with van der Waals surface area (Å²) >= 11 is 0. The Hall–Kier alpha value is -1.25. The van der Waals surface area contributed by atoms with Crippen LogP contribution in [0.4, 0.5) is 5.69 Å². The second kappa shape index (κ2) is 5.59. The highest BCUT2D eigenvalue weighted by molar-refractivity contribution is 5.86. The van der Waals surface area contributed by atoms with Crippen LogP contribution in [0.2, 0.25) is 0 Å². The molecular formula is C12H15ClN2. The minimum Gasteiger partial charge on any atom is -0.384 e. The number of hydrogen-bond donors (Lipinski definition) is 2. The molecule has 0 aliphatic carbocycles. The molecule has 2 nitrogen and oxygen atoms in total. The molecule has 0 spiro atoms. The van der Waals surface area contributed by atoms with Crippen molar-refractivity contribution in [1.29, 1.82) is 0 Å². The average Bonchev–Trinajstić information content (AvgIpc) is 2.26. The second-order valence-corrected chi connectivity index (χ2v) is 3.28. The van der Waals surface area contributed by atoms with E-state index >= 15 is 0 Å². The molecule has 0 unspecified atom stereocenters. The number of rotatable bonds is 3. The number of hydrogen-bond acceptors (Lipinski definition) is 2. The number of benzene rings is 2. The fraction of sp³-hybridized carbons (Fsp3) is 0.167. The summed E-state index contributed by atoms with van der Waals surface area (Å²) < 4.78 is 0. The number of halogens is 1. The Labute approximate surface area is 95.9 Å². The third-order valence-electron chi connectivity index (χ3n) is 2.22. The molecule has 0 fully saturated rings. The van der Waals surface area contributed by atoms with Crippen LogP contribution < -0.4 is 11.1 Å². The Bertz CT molecular complexity index is 429. The van der Waals surface area contributed by atoms with Crippen LogP contribution in [0.3, 0.4) is 0 Å². The van der Waals surface area contributed by atoms with Crippen LogP contribution in [0.25, 0.3) is 10.8 Å². The molecule has 3 heteroatoms.